The molecule has 0 spiro atoms. The Kier molecular flexibility index (Phi) is 7.58. The van der Waals surface area contributed by atoms with Crippen LogP contribution in [0.3, 0.4) is 0 Å². The maximum atomic E-state index is 10.5. The number of hydrogen-bond donors (Lipinski definition) is 1. The van der Waals surface area contributed by atoms with Crippen LogP contribution in [-0.2, 0) is 4.79 Å². The number of nitrogens with one attached hydrogen (secondary N) is 1. The van der Waals surface area contributed by atoms with Crippen molar-refractivity contribution in [1.29, 1.82) is 0 Å². The molecule has 0 aliphatic heterocycles. The first-order valence-corrected chi connectivity index (χ1v) is 4.78. The molecule has 0 radical (unpaired) electrons. The van der Waals surface area contributed by atoms with Gasteiger partial charge in [-0.3, -0.25) is 4.79 Å². The third-order valence-corrected chi connectivity index (χ3v) is 1.67. The minimum atomic E-state index is -0.0198. The zero-order valence-electron chi connectivity index (χ0n) is 9.99. The average molecular weight is 187 g/mol. The summed E-state index contributed by atoms with van der Waals surface area (Å²) in [7, 11) is 0. The van der Waals surface area contributed by atoms with Gasteiger partial charge in [0.15, 0.2) is 0 Å². The molecule has 2 heteroatoms. The van der Waals surface area contributed by atoms with Gasteiger partial charge in [-0.1, -0.05) is 40.2 Å². The highest BCUT2D eigenvalue weighted by Gasteiger charge is 2.11. The summed E-state index contributed by atoms with van der Waals surface area (Å²) in [4.78, 5) is 10.5. The molecule has 0 aromatic carbocycles. The summed E-state index contributed by atoms with van der Waals surface area (Å²) >= 11 is 0. The number of hydrogen-bond acceptors (Lipinski definition) is 1. The molecular weight excluding hydrogens is 162 g/mol. The molecule has 1 N–H and O–H groups in total. The summed E-state index contributed by atoms with van der Waals surface area (Å²) < 4.78 is 0. The first-order valence-electron chi connectivity index (χ1n) is 4.78. The highest BCUT2D eigenvalue weighted by atomic mass is 16.1. The smallest absolute Gasteiger partial charge is 0.220 e. The number of carbonyl (C=O) groups is 1. The second kappa shape index (κ2) is 6.70. The Bertz CT molecular complexity index is 180. The van der Waals surface area contributed by atoms with Gasteiger partial charge in [-0.2, -0.15) is 0 Å². The van der Waals surface area contributed by atoms with Crippen molar-refractivity contribution in [3.63, 3.8) is 0 Å². The summed E-state index contributed by atoms with van der Waals surface area (Å²) in [5.41, 5.74) is 1.32. The van der Waals surface area contributed by atoms with Gasteiger partial charge in [0.25, 0.3) is 0 Å². The molecule has 0 saturated heterocycles. The monoisotopic (exact) mass is 187 g/mol. The maximum Gasteiger partial charge on any atom is 0.220 e. The fourth-order valence-electron chi connectivity index (χ4n) is 0.426. The molecule has 13 heavy (non-hydrogen) atoms. The van der Waals surface area contributed by atoms with E-state index < -0.39 is 0 Å². The van der Waals surface area contributed by atoms with Crippen molar-refractivity contribution >= 4 is 5.91 Å². The summed E-state index contributed by atoms with van der Waals surface area (Å²) in [5.74, 6) is -0.0198. The Labute approximate surface area is 83.9 Å². The lowest BCUT2D eigenvalue weighted by atomic mass is 9.88. The second-order valence-electron chi connectivity index (χ2n) is 3.78. The summed E-state index contributed by atoms with van der Waals surface area (Å²) in [6, 6.07) is 0. The van der Waals surface area contributed by atoms with Crippen LogP contribution in [0.15, 0.2) is 11.8 Å². The molecule has 0 aromatic heterocycles. The van der Waals surface area contributed by atoms with Crippen LogP contribution in [0.1, 0.15) is 49.9 Å². The van der Waals surface area contributed by atoms with Crippen LogP contribution >= 0.6 is 0 Å². The first-order chi connectivity index (χ1) is 5.84. The SMILES string of the molecule is CC.CC(=O)N/C=C(\C)C(C)(C)C.[HH]. The molecule has 0 saturated carbocycles. The second-order valence-corrected chi connectivity index (χ2v) is 3.78. The van der Waals surface area contributed by atoms with E-state index in [-0.39, 0.29) is 12.7 Å². The van der Waals surface area contributed by atoms with E-state index in [1.165, 1.54) is 12.5 Å². The van der Waals surface area contributed by atoms with E-state index in [1.54, 1.807) is 6.20 Å². The van der Waals surface area contributed by atoms with Crippen LogP contribution in [0.2, 0.25) is 0 Å². The van der Waals surface area contributed by atoms with Gasteiger partial charge in [0, 0.05) is 14.6 Å². The first kappa shape index (κ1) is 14.7. The van der Waals surface area contributed by atoms with Crippen molar-refractivity contribution in [2.24, 2.45) is 5.41 Å². The molecule has 0 atom stereocenters. The Morgan fingerprint density at radius 3 is 1.85 bits per heavy atom. The molecule has 0 aliphatic rings. The average Bonchev–Trinajstić information content (AvgIpc) is 2.02. The molecule has 1 amide bonds. The third kappa shape index (κ3) is 9.12. The zero-order chi connectivity index (χ0) is 11.1. The van der Waals surface area contributed by atoms with Gasteiger partial charge in [-0.15, -0.1) is 0 Å². The highest BCUT2D eigenvalue weighted by Crippen LogP contribution is 2.23. The minimum Gasteiger partial charge on any atom is -0.333 e. The molecule has 0 aliphatic carbocycles. The predicted molar refractivity (Wildman–Crippen MR) is 60.5 cm³/mol. The minimum absolute atomic E-state index is 0. The van der Waals surface area contributed by atoms with Crippen molar-refractivity contribution in [2.45, 2.75) is 48.5 Å². The standard InChI is InChI=1S/C9H17NO.C2H6.H2/c1-7(9(3,4)5)6-10-8(2)11;1-2;/h6H,1-5H3,(H,10,11);1-2H3;1H/b7-6+;;. The van der Waals surface area contributed by atoms with E-state index in [9.17, 15) is 4.79 Å². The quantitative estimate of drug-likeness (QED) is 0.670. The van der Waals surface area contributed by atoms with Gasteiger partial charge >= 0.3 is 0 Å². The Balaban J connectivity index is -0.000000376. The summed E-state index contributed by atoms with van der Waals surface area (Å²) in [6.45, 7) is 13.9. The fourth-order valence-corrected chi connectivity index (χ4v) is 0.426. The number of rotatable bonds is 1. The number of amides is 1. The third-order valence-electron chi connectivity index (χ3n) is 1.67. The van der Waals surface area contributed by atoms with Crippen molar-refractivity contribution in [3.05, 3.63) is 11.8 Å². The molecule has 0 unspecified atom stereocenters. The molecular formula is C11H25NO. The van der Waals surface area contributed by atoms with Crippen molar-refractivity contribution in [1.82, 2.24) is 5.32 Å². The van der Waals surface area contributed by atoms with Crippen molar-refractivity contribution in [2.75, 3.05) is 0 Å². The van der Waals surface area contributed by atoms with Gasteiger partial charge in [-0.05, 0) is 12.3 Å². The lowest BCUT2D eigenvalue weighted by Gasteiger charge is -2.19. The topological polar surface area (TPSA) is 29.1 Å². The van der Waals surface area contributed by atoms with Gasteiger partial charge in [0.05, 0.1) is 0 Å². The lowest BCUT2D eigenvalue weighted by Crippen LogP contribution is -2.16. The maximum absolute atomic E-state index is 10.5. The van der Waals surface area contributed by atoms with Crippen LogP contribution in [0.25, 0.3) is 0 Å². The van der Waals surface area contributed by atoms with E-state index in [0.29, 0.717) is 0 Å². The van der Waals surface area contributed by atoms with E-state index in [2.05, 4.69) is 26.1 Å². The Morgan fingerprint density at radius 1 is 1.23 bits per heavy atom. The molecule has 2 nitrogen and oxygen atoms in total. The van der Waals surface area contributed by atoms with E-state index in [0.717, 1.165) is 0 Å². The normalized spacial score (nSPS) is 11.5. The van der Waals surface area contributed by atoms with Gasteiger partial charge in [-0.25, -0.2) is 0 Å². The van der Waals surface area contributed by atoms with Gasteiger partial charge < -0.3 is 5.32 Å². The number of carbonyl (C=O) groups excluding carboxylic acids is 1. The van der Waals surface area contributed by atoms with Gasteiger partial charge in [0.2, 0.25) is 5.91 Å². The zero-order valence-corrected chi connectivity index (χ0v) is 9.99. The van der Waals surface area contributed by atoms with E-state index in [4.69, 9.17) is 0 Å². The molecule has 80 valence electrons. The van der Waals surface area contributed by atoms with Crippen LogP contribution in [0, 0.1) is 5.41 Å². The van der Waals surface area contributed by atoms with Crippen LogP contribution < -0.4 is 5.32 Å². The summed E-state index contributed by atoms with van der Waals surface area (Å²) in [6.07, 6.45) is 1.77. The molecule has 0 rings (SSSR count). The van der Waals surface area contributed by atoms with E-state index >= 15 is 0 Å². The fraction of sp³-hybridized carbons (Fsp3) is 0.727. The van der Waals surface area contributed by atoms with Gasteiger partial charge in [0.1, 0.15) is 0 Å². The van der Waals surface area contributed by atoms with Crippen LogP contribution in [0.4, 0.5) is 0 Å². The highest BCUT2D eigenvalue weighted by molar-refractivity contribution is 5.73. The van der Waals surface area contributed by atoms with Crippen molar-refractivity contribution in [3.8, 4) is 0 Å². The molecule has 0 fully saturated rings. The van der Waals surface area contributed by atoms with Crippen molar-refractivity contribution < 1.29 is 6.22 Å². The molecule has 0 heterocycles. The van der Waals surface area contributed by atoms with Crippen LogP contribution in [0.5, 0.6) is 0 Å². The Hall–Kier alpha value is -0.790. The van der Waals surface area contributed by atoms with E-state index in [1.807, 2.05) is 20.8 Å². The lowest BCUT2D eigenvalue weighted by molar-refractivity contribution is -0.118. The number of allylic oxidation sites excluding steroid dienone is 1. The largest absolute Gasteiger partial charge is 0.333 e. The predicted octanol–water partition coefficient (Wildman–Crippen LogP) is 3.34. The van der Waals surface area contributed by atoms with Crippen LogP contribution in [-0.4, -0.2) is 5.91 Å². The molecule has 0 aromatic rings. The Morgan fingerprint density at radius 2 is 1.62 bits per heavy atom. The molecule has 0 bridgehead atoms. The summed E-state index contributed by atoms with van der Waals surface area (Å²) in [5, 5.41) is 2.65.